The second kappa shape index (κ2) is 8.19. The highest BCUT2D eigenvalue weighted by atomic mass is 16.5. The minimum Gasteiger partial charge on any atom is -0.481 e. The molecule has 1 N–H and O–H groups in total. The fraction of sp³-hybridized carbons (Fsp3) is 0.409. The molecule has 3 heteroatoms. The van der Waals surface area contributed by atoms with Crippen LogP contribution in [0.2, 0.25) is 0 Å². The van der Waals surface area contributed by atoms with Crippen molar-refractivity contribution in [1.82, 2.24) is 5.32 Å². The lowest BCUT2D eigenvalue weighted by Crippen LogP contribution is -2.39. The summed E-state index contributed by atoms with van der Waals surface area (Å²) < 4.78 is 5.95. The SMILES string of the molecule is CC[C@H](Oc1cc(C)cc(C)c1)C(=O)N[C@@H](C)c1ccc(C)c(C)c1. The number of aryl methyl sites for hydroxylation is 4. The first kappa shape index (κ1) is 19.0. The van der Waals surface area contributed by atoms with Gasteiger partial charge in [0.1, 0.15) is 5.75 Å². The molecule has 0 heterocycles. The molecule has 1 amide bonds. The van der Waals surface area contributed by atoms with Gasteiger partial charge in [0.25, 0.3) is 5.91 Å². The number of hydrogen-bond acceptors (Lipinski definition) is 2. The summed E-state index contributed by atoms with van der Waals surface area (Å²) in [4.78, 5) is 12.6. The van der Waals surface area contributed by atoms with E-state index in [9.17, 15) is 4.79 Å². The van der Waals surface area contributed by atoms with Gasteiger partial charge in [0.15, 0.2) is 6.10 Å². The Morgan fingerprint density at radius 2 is 1.64 bits per heavy atom. The maximum atomic E-state index is 12.6. The molecule has 134 valence electrons. The van der Waals surface area contributed by atoms with Crippen LogP contribution in [-0.4, -0.2) is 12.0 Å². The van der Waals surface area contributed by atoms with Crippen LogP contribution in [0.4, 0.5) is 0 Å². The van der Waals surface area contributed by atoms with Gasteiger partial charge in [0, 0.05) is 0 Å². The van der Waals surface area contributed by atoms with Crippen LogP contribution in [0.25, 0.3) is 0 Å². The van der Waals surface area contributed by atoms with Gasteiger partial charge in [-0.1, -0.05) is 31.2 Å². The van der Waals surface area contributed by atoms with E-state index in [4.69, 9.17) is 4.74 Å². The summed E-state index contributed by atoms with van der Waals surface area (Å²) in [6, 6.07) is 12.3. The number of ether oxygens (including phenoxy) is 1. The summed E-state index contributed by atoms with van der Waals surface area (Å²) in [6.07, 6.45) is 0.133. The van der Waals surface area contributed by atoms with Crippen LogP contribution in [-0.2, 0) is 4.79 Å². The standard InChI is InChI=1S/C22H29NO2/c1-7-21(25-20-11-14(2)10-15(3)12-20)22(24)23-18(6)19-9-8-16(4)17(5)13-19/h8-13,18,21H,7H2,1-6H3,(H,23,24)/t18-,21-/m0/s1. The Balaban J connectivity index is 2.07. The molecule has 0 unspecified atom stereocenters. The molecular formula is C22H29NO2. The third-order valence-corrected chi connectivity index (χ3v) is 4.53. The van der Waals surface area contributed by atoms with Crippen LogP contribution < -0.4 is 10.1 Å². The van der Waals surface area contributed by atoms with Crippen molar-refractivity contribution in [2.75, 3.05) is 0 Å². The second-order valence-electron chi connectivity index (χ2n) is 6.91. The number of nitrogens with one attached hydrogen (secondary N) is 1. The summed E-state index contributed by atoms with van der Waals surface area (Å²) >= 11 is 0. The number of hydrogen-bond donors (Lipinski definition) is 1. The zero-order valence-electron chi connectivity index (χ0n) is 16.1. The first-order chi connectivity index (χ1) is 11.8. The molecule has 0 aliphatic carbocycles. The molecule has 0 aromatic heterocycles. The molecule has 0 spiro atoms. The molecule has 2 aromatic carbocycles. The highest BCUT2D eigenvalue weighted by Crippen LogP contribution is 2.20. The van der Waals surface area contributed by atoms with Gasteiger partial charge in [-0.2, -0.15) is 0 Å². The summed E-state index contributed by atoms with van der Waals surface area (Å²) in [5.41, 5.74) is 5.87. The molecule has 25 heavy (non-hydrogen) atoms. The van der Waals surface area contributed by atoms with Crippen LogP contribution in [0.15, 0.2) is 36.4 Å². The van der Waals surface area contributed by atoms with Crippen molar-refractivity contribution in [3.05, 3.63) is 64.2 Å². The Morgan fingerprint density at radius 3 is 2.20 bits per heavy atom. The lowest BCUT2D eigenvalue weighted by atomic mass is 10.0. The zero-order chi connectivity index (χ0) is 18.6. The van der Waals surface area contributed by atoms with Crippen molar-refractivity contribution in [2.24, 2.45) is 0 Å². The Morgan fingerprint density at radius 1 is 1.00 bits per heavy atom. The summed E-state index contributed by atoms with van der Waals surface area (Å²) in [7, 11) is 0. The Kier molecular flexibility index (Phi) is 6.24. The maximum Gasteiger partial charge on any atom is 0.261 e. The average molecular weight is 339 g/mol. The van der Waals surface area contributed by atoms with E-state index < -0.39 is 6.10 Å². The number of carbonyl (C=O) groups excluding carboxylic acids is 1. The normalized spacial score (nSPS) is 13.2. The smallest absolute Gasteiger partial charge is 0.261 e. The maximum absolute atomic E-state index is 12.6. The fourth-order valence-corrected chi connectivity index (χ4v) is 2.91. The van der Waals surface area contributed by atoms with Crippen molar-refractivity contribution in [3.8, 4) is 5.75 Å². The van der Waals surface area contributed by atoms with Gasteiger partial charge in [-0.05, 0) is 81.0 Å². The average Bonchev–Trinajstić information content (AvgIpc) is 2.54. The molecule has 3 nitrogen and oxygen atoms in total. The van der Waals surface area contributed by atoms with Crippen LogP contribution in [0.1, 0.15) is 54.1 Å². The Hall–Kier alpha value is -2.29. The highest BCUT2D eigenvalue weighted by molar-refractivity contribution is 5.81. The molecule has 0 fully saturated rings. The number of benzene rings is 2. The van der Waals surface area contributed by atoms with Crippen molar-refractivity contribution in [2.45, 2.75) is 60.1 Å². The Bertz CT molecular complexity index is 731. The molecule has 0 radical (unpaired) electrons. The van der Waals surface area contributed by atoms with E-state index in [2.05, 4.69) is 43.4 Å². The van der Waals surface area contributed by atoms with Gasteiger partial charge in [0.2, 0.25) is 0 Å². The lowest BCUT2D eigenvalue weighted by Gasteiger charge is -2.21. The summed E-state index contributed by atoms with van der Waals surface area (Å²) in [5.74, 6) is 0.672. The van der Waals surface area contributed by atoms with E-state index in [1.165, 1.54) is 11.1 Å². The lowest BCUT2D eigenvalue weighted by molar-refractivity contribution is -0.128. The van der Waals surface area contributed by atoms with Crippen molar-refractivity contribution >= 4 is 5.91 Å². The van der Waals surface area contributed by atoms with Crippen LogP contribution in [0.5, 0.6) is 5.75 Å². The zero-order valence-corrected chi connectivity index (χ0v) is 16.1. The van der Waals surface area contributed by atoms with Gasteiger partial charge < -0.3 is 10.1 Å². The van der Waals surface area contributed by atoms with Crippen molar-refractivity contribution in [1.29, 1.82) is 0 Å². The molecule has 0 aliphatic heterocycles. The third kappa shape index (κ3) is 5.09. The number of rotatable bonds is 6. The van der Waals surface area contributed by atoms with Crippen LogP contribution in [0.3, 0.4) is 0 Å². The topological polar surface area (TPSA) is 38.3 Å². The second-order valence-corrected chi connectivity index (χ2v) is 6.91. The van der Waals surface area contributed by atoms with E-state index in [-0.39, 0.29) is 11.9 Å². The molecule has 2 aromatic rings. The van der Waals surface area contributed by atoms with Gasteiger partial charge in [-0.15, -0.1) is 0 Å². The van der Waals surface area contributed by atoms with Crippen LogP contribution >= 0.6 is 0 Å². The minimum absolute atomic E-state index is 0.0521. The molecular weight excluding hydrogens is 310 g/mol. The first-order valence-electron chi connectivity index (χ1n) is 8.92. The largest absolute Gasteiger partial charge is 0.481 e. The summed E-state index contributed by atoms with van der Waals surface area (Å²) in [6.45, 7) is 12.2. The van der Waals surface area contributed by atoms with Gasteiger partial charge in [0.05, 0.1) is 6.04 Å². The predicted octanol–water partition coefficient (Wildman–Crippen LogP) is 4.96. The predicted molar refractivity (Wildman–Crippen MR) is 103 cm³/mol. The van der Waals surface area contributed by atoms with E-state index in [1.54, 1.807) is 0 Å². The molecule has 0 bridgehead atoms. The monoisotopic (exact) mass is 339 g/mol. The third-order valence-electron chi connectivity index (χ3n) is 4.53. The summed E-state index contributed by atoms with van der Waals surface area (Å²) in [5, 5.41) is 3.08. The van der Waals surface area contributed by atoms with Crippen molar-refractivity contribution in [3.63, 3.8) is 0 Å². The number of amides is 1. The van der Waals surface area contributed by atoms with E-state index in [0.29, 0.717) is 6.42 Å². The minimum atomic E-state index is -0.491. The molecule has 0 saturated carbocycles. The molecule has 2 rings (SSSR count). The molecule has 0 saturated heterocycles. The van der Waals surface area contributed by atoms with Gasteiger partial charge in [-0.3, -0.25) is 4.79 Å². The molecule has 0 aliphatic rings. The fourth-order valence-electron chi connectivity index (χ4n) is 2.91. The molecule has 2 atom stereocenters. The number of carbonyl (C=O) groups is 1. The highest BCUT2D eigenvalue weighted by Gasteiger charge is 2.21. The first-order valence-corrected chi connectivity index (χ1v) is 8.92. The quantitative estimate of drug-likeness (QED) is 0.808. The van der Waals surface area contributed by atoms with E-state index in [1.807, 2.05) is 39.8 Å². The van der Waals surface area contributed by atoms with Gasteiger partial charge >= 0.3 is 0 Å². The van der Waals surface area contributed by atoms with E-state index in [0.717, 1.165) is 22.4 Å². The van der Waals surface area contributed by atoms with Crippen molar-refractivity contribution < 1.29 is 9.53 Å². The van der Waals surface area contributed by atoms with E-state index >= 15 is 0 Å². The van der Waals surface area contributed by atoms with Crippen LogP contribution in [0, 0.1) is 27.7 Å². The van der Waals surface area contributed by atoms with Gasteiger partial charge in [-0.25, -0.2) is 0 Å². The Labute approximate surface area is 151 Å².